The lowest BCUT2D eigenvalue weighted by Gasteiger charge is -2.25. The van der Waals surface area contributed by atoms with Gasteiger partial charge in [-0.1, -0.05) is 30.3 Å². The minimum absolute atomic E-state index is 0.00693. The SMILES string of the molecule is CNCC(=O)N[C@H]1CCCc2nc(-c3ccccc3)ncc21. The number of fused-ring (bicyclic) bond motifs is 1. The summed E-state index contributed by atoms with van der Waals surface area (Å²) in [4.78, 5) is 21.0. The molecule has 1 aromatic carbocycles. The zero-order valence-electron chi connectivity index (χ0n) is 12.7. The van der Waals surface area contributed by atoms with Gasteiger partial charge < -0.3 is 10.6 Å². The Morgan fingerprint density at radius 3 is 2.91 bits per heavy atom. The van der Waals surface area contributed by atoms with Crippen LogP contribution in [0, 0.1) is 0 Å². The third-order valence-corrected chi connectivity index (χ3v) is 3.89. The Kier molecular flexibility index (Phi) is 4.44. The van der Waals surface area contributed by atoms with Crippen molar-refractivity contribution in [1.29, 1.82) is 0 Å². The first-order valence-corrected chi connectivity index (χ1v) is 7.63. The van der Waals surface area contributed by atoms with Gasteiger partial charge in [0.1, 0.15) is 0 Å². The third-order valence-electron chi connectivity index (χ3n) is 3.89. The van der Waals surface area contributed by atoms with E-state index in [1.54, 1.807) is 7.05 Å². The van der Waals surface area contributed by atoms with Crippen molar-refractivity contribution in [2.45, 2.75) is 25.3 Å². The smallest absolute Gasteiger partial charge is 0.234 e. The van der Waals surface area contributed by atoms with E-state index in [0.29, 0.717) is 6.54 Å². The summed E-state index contributed by atoms with van der Waals surface area (Å²) in [6, 6.07) is 10.00. The van der Waals surface area contributed by atoms with Crippen molar-refractivity contribution in [3.63, 3.8) is 0 Å². The topological polar surface area (TPSA) is 66.9 Å². The zero-order chi connectivity index (χ0) is 15.4. The molecule has 0 spiro atoms. The molecule has 114 valence electrons. The maximum atomic E-state index is 11.8. The minimum Gasteiger partial charge on any atom is -0.348 e. The summed E-state index contributed by atoms with van der Waals surface area (Å²) in [5.41, 5.74) is 3.12. The molecule has 0 saturated carbocycles. The number of amides is 1. The summed E-state index contributed by atoms with van der Waals surface area (Å²) in [6.45, 7) is 0.328. The molecule has 22 heavy (non-hydrogen) atoms. The second-order valence-electron chi connectivity index (χ2n) is 5.50. The van der Waals surface area contributed by atoms with Gasteiger partial charge in [-0.15, -0.1) is 0 Å². The van der Waals surface area contributed by atoms with E-state index in [9.17, 15) is 4.79 Å². The first-order valence-electron chi connectivity index (χ1n) is 7.63. The maximum Gasteiger partial charge on any atom is 0.234 e. The number of rotatable bonds is 4. The highest BCUT2D eigenvalue weighted by Crippen LogP contribution is 2.29. The van der Waals surface area contributed by atoms with Gasteiger partial charge in [0.15, 0.2) is 5.82 Å². The second-order valence-corrected chi connectivity index (χ2v) is 5.50. The van der Waals surface area contributed by atoms with E-state index >= 15 is 0 Å². The minimum atomic E-state index is 0.00693. The maximum absolute atomic E-state index is 11.8. The molecule has 2 aromatic rings. The molecule has 0 bridgehead atoms. The van der Waals surface area contributed by atoms with Gasteiger partial charge in [-0.05, 0) is 26.3 Å². The molecule has 0 fully saturated rings. The molecule has 1 amide bonds. The van der Waals surface area contributed by atoms with Crippen molar-refractivity contribution >= 4 is 5.91 Å². The number of aromatic nitrogens is 2. The number of hydrogen-bond donors (Lipinski definition) is 2. The Balaban J connectivity index is 1.85. The van der Waals surface area contributed by atoms with Crippen LogP contribution in [0.4, 0.5) is 0 Å². The zero-order valence-corrected chi connectivity index (χ0v) is 12.7. The van der Waals surface area contributed by atoms with Gasteiger partial charge in [-0.3, -0.25) is 4.79 Å². The monoisotopic (exact) mass is 296 g/mol. The largest absolute Gasteiger partial charge is 0.348 e. The lowest BCUT2D eigenvalue weighted by molar-refractivity contribution is -0.121. The number of likely N-dealkylation sites (N-methyl/N-ethyl adjacent to an activating group) is 1. The average molecular weight is 296 g/mol. The summed E-state index contributed by atoms with van der Waals surface area (Å²) in [5.74, 6) is 0.758. The molecule has 1 aromatic heterocycles. The summed E-state index contributed by atoms with van der Waals surface area (Å²) < 4.78 is 0. The van der Waals surface area contributed by atoms with Gasteiger partial charge in [0.2, 0.25) is 5.91 Å². The van der Waals surface area contributed by atoms with E-state index < -0.39 is 0 Å². The van der Waals surface area contributed by atoms with E-state index in [4.69, 9.17) is 4.98 Å². The van der Waals surface area contributed by atoms with E-state index in [-0.39, 0.29) is 11.9 Å². The van der Waals surface area contributed by atoms with Crippen molar-refractivity contribution in [3.05, 3.63) is 47.8 Å². The predicted molar refractivity (Wildman–Crippen MR) is 85.2 cm³/mol. The summed E-state index contributed by atoms with van der Waals surface area (Å²) in [6.07, 6.45) is 4.78. The van der Waals surface area contributed by atoms with Gasteiger partial charge in [0.05, 0.1) is 12.6 Å². The van der Waals surface area contributed by atoms with E-state index in [0.717, 1.165) is 41.9 Å². The lowest BCUT2D eigenvalue weighted by atomic mass is 9.92. The number of carbonyl (C=O) groups is 1. The van der Waals surface area contributed by atoms with Crippen LogP contribution in [0.25, 0.3) is 11.4 Å². The van der Waals surface area contributed by atoms with Gasteiger partial charge >= 0.3 is 0 Å². The fraction of sp³-hybridized carbons (Fsp3) is 0.353. The van der Waals surface area contributed by atoms with Crippen LogP contribution in [-0.2, 0) is 11.2 Å². The molecule has 1 heterocycles. The predicted octanol–water partition coefficient (Wildman–Crippen LogP) is 1.86. The molecule has 0 radical (unpaired) electrons. The molecule has 1 atom stereocenters. The molecule has 0 aliphatic heterocycles. The summed E-state index contributed by atoms with van der Waals surface area (Å²) >= 11 is 0. The van der Waals surface area contributed by atoms with Crippen molar-refractivity contribution in [3.8, 4) is 11.4 Å². The second kappa shape index (κ2) is 6.66. The normalized spacial score (nSPS) is 16.9. The van der Waals surface area contributed by atoms with Gasteiger partial charge in [0, 0.05) is 23.0 Å². The number of nitrogens with one attached hydrogen (secondary N) is 2. The van der Waals surface area contributed by atoms with Crippen LogP contribution in [0.5, 0.6) is 0 Å². The molecule has 0 unspecified atom stereocenters. The quantitative estimate of drug-likeness (QED) is 0.903. The molecule has 1 aliphatic rings. The van der Waals surface area contributed by atoms with E-state index in [2.05, 4.69) is 15.6 Å². The van der Waals surface area contributed by atoms with Crippen molar-refractivity contribution in [1.82, 2.24) is 20.6 Å². The number of carbonyl (C=O) groups excluding carboxylic acids is 1. The van der Waals surface area contributed by atoms with Crippen molar-refractivity contribution in [2.24, 2.45) is 0 Å². The van der Waals surface area contributed by atoms with E-state index in [1.165, 1.54) is 0 Å². The Hall–Kier alpha value is -2.27. The van der Waals surface area contributed by atoms with Crippen LogP contribution in [0.2, 0.25) is 0 Å². The van der Waals surface area contributed by atoms with Gasteiger partial charge in [-0.2, -0.15) is 0 Å². The van der Waals surface area contributed by atoms with Crippen molar-refractivity contribution < 1.29 is 4.79 Å². The fourth-order valence-corrected chi connectivity index (χ4v) is 2.83. The van der Waals surface area contributed by atoms with Gasteiger partial charge in [-0.25, -0.2) is 9.97 Å². The third kappa shape index (κ3) is 3.14. The van der Waals surface area contributed by atoms with Crippen LogP contribution in [-0.4, -0.2) is 29.5 Å². The van der Waals surface area contributed by atoms with Crippen LogP contribution < -0.4 is 10.6 Å². The molecule has 5 heteroatoms. The Bertz CT molecular complexity index is 657. The molecule has 3 rings (SSSR count). The first-order chi connectivity index (χ1) is 10.8. The molecule has 1 aliphatic carbocycles. The lowest BCUT2D eigenvalue weighted by Crippen LogP contribution is -2.36. The highest BCUT2D eigenvalue weighted by Gasteiger charge is 2.23. The molecule has 5 nitrogen and oxygen atoms in total. The van der Waals surface area contributed by atoms with Crippen LogP contribution in [0.1, 0.15) is 30.1 Å². The Labute approximate surface area is 130 Å². The van der Waals surface area contributed by atoms with Crippen LogP contribution >= 0.6 is 0 Å². The molecule has 0 saturated heterocycles. The van der Waals surface area contributed by atoms with E-state index in [1.807, 2.05) is 36.5 Å². The number of aryl methyl sites for hydroxylation is 1. The Morgan fingerprint density at radius 1 is 1.32 bits per heavy atom. The fourth-order valence-electron chi connectivity index (χ4n) is 2.83. The van der Waals surface area contributed by atoms with Gasteiger partial charge in [0.25, 0.3) is 0 Å². The number of hydrogen-bond acceptors (Lipinski definition) is 4. The molecule has 2 N–H and O–H groups in total. The average Bonchev–Trinajstić information content (AvgIpc) is 2.56. The standard InChI is InChI=1S/C17H20N4O/c1-18-11-16(22)20-14-8-5-9-15-13(14)10-19-17(21-15)12-6-3-2-4-7-12/h2-4,6-7,10,14,18H,5,8-9,11H2,1H3,(H,20,22)/t14-/m0/s1. The van der Waals surface area contributed by atoms with Crippen molar-refractivity contribution in [2.75, 3.05) is 13.6 Å². The Morgan fingerprint density at radius 2 is 2.14 bits per heavy atom. The number of nitrogens with zero attached hydrogens (tertiary/aromatic N) is 2. The first kappa shape index (κ1) is 14.7. The van der Waals surface area contributed by atoms with Crippen LogP contribution in [0.15, 0.2) is 36.5 Å². The highest BCUT2D eigenvalue weighted by atomic mass is 16.1. The molecular weight excluding hydrogens is 276 g/mol. The van der Waals surface area contributed by atoms with Crippen LogP contribution in [0.3, 0.4) is 0 Å². The number of benzene rings is 1. The molecular formula is C17H20N4O. The summed E-state index contributed by atoms with van der Waals surface area (Å²) in [5, 5.41) is 5.92. The highest BCUT2D eigenvalue weighted by molar-refractivity contribution is 5.78. The summed E-state index contributed by atoms with van der Waals surface area (Å²) in [7, 11) is 1.77.